The first-order chi connectivity index (χ1) is 14.4. The number of rotatable bonds is 3. The van der Waals surface area contributed by atoms with E-state index in [0.29, 0.717) is 11.0 Å². The number of benzene rings is 2. The SMILES string of the molecule is CC.Cc1cc2oc(F)cc2cc1-c1ccc(NC(=O)c2c(F)cccc2F)nc1. The van der Waals surface area contributed by atoms with Crippen LogP contribution in [0, 0.1) is 24.6 Å². The van der Waals surface area contributed by atoms with E-state index in [0.717, 1.165) is 28.8 Å². The van der Waals surface area contributed by atoms with Gasteiger partial charge in [0.05, 0.1) is 0 Å². The Labute approximate surface area is 171 Å². The minimum Gasteiger partial charge on any atom is -0.431 e. The lowest BCUT2D eigenvalue weighted by atomic mass is 10.0. The number of aryl methyl sites for hydroxylation is 1. The highest BCUT2D eigenvalue weighted by atomic mass is 19.1. The third-order valence-corrected chi connectivity index (χ3v) is 4.34. The fourth-order valence-electron chi connectivity index (χ4n) is 2.99. The van der Waals surface area contributed by atoms with Gasteiger partial charge >= 0.3 is 0 Å². The molecule has 2 aromatic carbocycles. The van der Waals surface area contributed by atoms with Crippen LogP contribution in [0.4, 0.5) is 19.0 Å². The van der Waals surface area contributed by atoms with Gasteiger partial charge in [0.15, 0.2) is 0 Å². The summed E-state index contributed by atoms with van der Waals surface area (Å²) in [5.74, 6) is -2.69. The standard InChI is InChI=1S/C21H13F3N2O2.C2H6/c1-11-7-17-13(9-18(24)28-17)8-14(11)12-5-6-19(25-10-12)26-21(27)20-15(22)3-2-4-16(20)23;1-2/h2-10H,1H3,(H,25,26,27);1-2H3. The van der Waals surface area contributed by atoms with Gasteiger partial charge in [0.2, 0.25) is 0 Å². The summed E-state index contributed by atoms with van der Waals surface area (Å²) in [6.07, 6.45) is 1.51. The summed E-state index contributed by atoms with van der Waals surface area (Å²) in [6.45, 7) is 5.85. The van der Waals surface area contributed by atoms with Crippen molar-refractivity contribution in [1.82, 2.24) is 4.98 Å². The number of halogens is 3. The Balaban J connectivity index is 0.00000124. The molecule has 7 heteroatoms. The number of fused-ring (bicyclic) bond motifs is 1. The molecule has 4 aromatic rings. The summed E-state index contributed by atoms with van der Waals surface area (Å²) in [5, 5.41) is 2.99. The molecule has 154 valence electrons. The van der Waals surface area contributed by atoms with Gasteiger partial charge in [0, 0.05) is 23.2 Å². The molecule has 0 spiro atoms. The van der Waals surface area contributed by atoms with Crippen molar-refractivity contribution in [1.29, 1.82) is 0 Å². The summed E-state index contributed by atoms with van der Waals surface area (Å²) in [6, 6.07) is 10.5. The van der Waals surface area contributed by atoms with Crippen molar-refractivity contribution >= 4 is 22.7 Å². The average Bonchev–Trinajstić information content (AvgIpc) is 3.08. The highest BCUT2D eigenvalue weighted by molar-refractivity contribution is 6.04. The lowest BCUT2D eigenvalue weighted by Gasteiger charge is -2.09. The molecule has 4 nitrogen and oxygen atoms in total. The zero-order chi connectivity index (χ0) is 21.8. The molecule has 0 unspecified atom stereocenters. The van der Waals surface area contributed by atoms with E-state index in [1.165, 1.54) is 24.4 Å². The van der Waals surface area contributed by atoms with Crippen molar-refractivity contribution in [2.75, 3.05) is 5.32 Å². The number of furan rings is 1. The molecule has 0 atom stereocenters. The van der Waals surface area contributed by atoms with Crippen molar-refractivity contribution < 1.29 is 22.4 Å². The maximum atomic E-state index is 13.7. The van der Waals surface area contributed by atoms with Crippen molar-refractivity contribution in [2.45, 2.75) is 20.8 Å². The third-order valence-electron chi connectivity index (χ3n) is 4.34. The molecular formula is C23H19F3N2O2. The Bertz CT molecular complexity index is 1180. The summed E-state index contributed by atoms with van der Waals surface area (Å²) >= 11 is 0. The average molecular weight is 412 g/mol. The molecule has 0 aliphatic carbocycles. The number of amides is 1. The topological polar surface area (TPSA) is 55.1 Å². The number of nitrogens with one attached hydrogen (secondary N) is 1. The van der Waals surface area contributed by atoms with Gasteiger partial charge in [-0.15, -0.1) is 0 Å². The normalized spacial score (nSPS) is 10.5. The monoisotopic (exact) mass is 412 g/mol. The second-order valence-corrected chi connectivity index (χ2v) is 6.24. The molecule has 0 fully saturated rings. The minimum absolute atomic E-state index is 0.143. The van der Waals surface area contributed by atoms with Crippen LogP contribution in [0.15, 0.2) is 59.1 Å². The molecule has 30 heavy (non-hydrogen) atoms. The minimum atomic E-state index is -0.953. The van der Waals surface area contributed by atoms with E-state index in [1.54, 1.807) is 18.2 Å². The lowest BCUT2D eigenvalue weighted by Crippen LogP contribution is -2.16. The number of anilines is 1. The van der Waals surface area contributed by atoms with Crippen LogP contribution in [0.5, 0.6) is 0 Å². The number of hydrogen-bond acceptors (Lipinski definition) is 3. The molecule has 0 radical (unpaired) electrons. The molecule has 0 saturated heterocycles. The maximum Gasteiger partial charge on any atom is 0.278 e. The highest BCUT2D eigenvalue weighted by Crippen LogP contribution is 2.30. The largest absolute Gasteiger partial charge is 0.431 e. The fraction of sp³-hybridized carbons (Fsp3) is 0.130. The van der Waals surface area contributed by atoms with Crippen molar-refractivity contribution in [2.24, 2.45) is 0 Å². The highest BCUT2D eigenvalue weighted by Gasteiger charge is 2.17. The van der Waals surface area contributed by atoms with Gasteiger partial charge in [-0.3, -0.25) is 4.79 Å². The Morgan fingerprint density at radius 2 is 1.70 bits per heavy atom. The third kappa shape index (κ3) is 4.20. The van der Waals surface area contributed by atoms with E-state index in [1.807, 2.05) is 20.8 Å². The van der Waals surface area contributed by atoms with Crippen molar-refractivity contribution in [3.63, 3.8) is 0 Å². The number of nitrogens with zero attached hydrogens (tertiary/aromatic N) is 1. The van der Waals surface area contributed by atoms with E-state index in [2.05, 4.69) is 10.3 Å². The van der Waals surface area contributed by atoms with Gasteiger partial charge < -0.3 is 9.73 Å². The zero-order valence-corrected chi connectivity index (χ0v) is 16.6. The van der Waals surface area contributed by atoms with Crippen LogP contribution < -0.4 is 5.32 Å². The number of hydrogen-bond donors (Lipinski definition) is 1. The Kier molecular flexibility index (Phi) is 6.20. The quantitative estimate of drug-likeness (QED) is 0.418. The lowest BCUT2D eigenvalue weighted by molar-refractivity contribution is 0.101. The molecule has 1 amide bonds. The summed E-state index contributed by atoms with van der Waals surface area (Å²) < 4.78 is 45.7. The molecule has 1 N–H and O–H groups in total. The number of aromatic nitrogens is 1. The summed E-state index contributed by atoms with van der Waals surface area (Å²) in [4.78, 5) is 16.3. The number of pyridine rings is 1. The van der Waals surface area contributed by atoms with Crippen LogP contribution in [0.1, 0.15) is 29.8 Å². The molecule has 0 aliphatic heterocycles. The Hall–Kier alpha value is -3.61. The smallest absolute Gasteiger partial charge is 0.278 e. The maximum absolute atomic E-state index is 13.7. The molecule has 2 heterocycles. The molecule has 0 bridgehead atoms. The van der Waals surface area contributed by atoms with E-state index in [4.69, 9.17) is 4.42 Å². The summed E-state index contributed by atoms with van der Waals surface area (Å²) in [5.41, 5.74) is 2.18. The second kappa shape index (κ2) is 8.82. The first-order valence-corrected chi connectivity index (χ1v) is 9.34. The van der Waals surface area contributed by atoms with Gasteiger partial charge in [-0.05, 0) is 54.4 Å². The van der Waals surface area contributed by atoms with E-state index in [9.17, 15) is 18.0 Å². The van der Waals surface area contributed by atoms with Crippen LogP contribution >= 0.6 is 0 Å². The Morgan fingerprint density at radius 3 is 2.33 bits per heavy atom. The van der Waals surface area contributed by atoms with Gasteiger partial charge in [0.1, 0.15) is 28.6 Å². The van der Waals surface area contributed by atoms with Crippen LogP contribution in [-0.4, -0.2) is 10.9 Å². The van der Waals surface area contributed by atoms with Gasteiger partial charge in [-0.2, -0.15) is 4.39 Å². The fourth-order valence-corrected chi connectivity index (χ4v) is 2.99. The van der Waals surface area contributed by atoms with Crippen LogP contribution in [0.3, 0.4) is 0 Å². The molecular weight excluding hydrogens is 393 g/mol. The first-order valence-electron chi connectivity index (χ1n) is 9.34. The Morgan fingerprint density at radius 1 is 1.00 bits per heavy atom. The molecule has 0 saturated carbocycles. The van der Waals surface area contributed by atoms with Gasteiger partial charge in [0.25, 0.3) is 11.9 Å². The van der Waals surface area contributed by atoms with Crippen LogP contribution in [-0.2, 0) is 0 Å². The second-order valence-electron chi connectivity index (χ2n) is 6.24. The van der Waals surface area contributed by atoms with Gasteiger partial charge in [-0.1, -0.05) is 19.9 Å². The van der Waals surface area contributed by atoms with E-state index >= 15 is 0 Å². The van der Waals surface area contributed by atoms with E-state index < -0.39 is 29.1 Å². The van der Waals surface area contributed by atoms with Crippen LogP contribution in [0.25, 0.3) is 22.1 Å². The number of carbonyl (C=O) groups is 1. The van der Waals surface area contributed by atoms with Crippen molar-refractivity contribution in [3.05, 3.63) is 83.5 Å². The molecule has 4 rings (SSSR count). The first kappa shape index (κ1) is 21.1. The predicted octanol–water partition coefficient (Wildman–Crippen LogP) is 6.50. The van der Waals surface area contributed by atoms with Gasteiger partial charge in [-0.25, -0.2) is 13.8 Å². The van der Waals surface area contributed by atoms with E-state index in [-0.39, 0.29) is 5.82 Å². The number of carbonyl (C=O) groups excluding carboxylic acids is 1. The van der Waals surface area contributed by atoms with Crippen molar-refractivity contribution in [3.8, 4) is 11.1 Å². The van der Waals surface area contributed by atoms with Crippen LogP contribution in [0.2, 0.25) is 0 Å². The predicted molar refractivity (Wildman–Crippen MR) is 110 cm³/mol. The molecule has 2 aromatic heterocycles. The molecule has 0 aliphatic rings. The summed E-state index contributed by atoms with van der Waals surface area (Å²) in [7, 11) is 0. The zero-order valence-electron chi connectivity index (χ0n) is 16.6.